The second-order valence-corrected chi connectivity index (χ2v) is 4.15. The van der Waals surface area contributed by atoms with Gasteiger partial charge in [-0.1, -0.05) is 6.07 Å². The van der Waals surface area contributed by atoms with Crippen LogP contribution in [0.25, 0.3) is 0 Å². The highest BCUT2D eigenvalue weighted by molar-refractivity contribution is 7.80. The zero-order valence-corrected chi connectivity index (χ0v) is 9.65. The fraction of sp³-hybridized carbons (Fsp3) is 0.273. The number of nitrogens with one attached hydrogen (secondary N) is 1. The fourth-order valence-electron chi connectivity index (χ4n) is 1.67. The summed E-state index contributed by atoms with van der Waals surface area (Å²) in [6.45, 7) is 0. The predicted molar refractivity (Wildman–Crippen MR) is 64.2 cm³/mol. The number of hydrogen-bond donors (Lipinski definition) is 4. The van der Waals surface area contributed by atoms with E-state index in [1.165, 1.54) is 18.2 Å². The maximum Gasteiger partial charge on any atom is 0.296 e. The van der Waals surface area contributed by atoms with Crippen molar-refractivity contribution in [2.45, 2.75) is 12.2 Å². The van der Waals surface area contributed by atoms with Crippen LogP contribution in [0.15, 0.2) is 18.2 Å². The minimum atomic E-state index is -1.09. The van der Waals surface area contributed by atoms with E-state index in [2.05, 4.69) is 17.9 Å². The molecule has 0 radical (unpaired) electrons. The zero-order valence-electron chi connectivity index (χ0n) is 8.75. The van der Waals surface area contributed by atoms with Crippen LogP contribution in [0.4, 0.5) is 5.69 Å². The summed E-state index contributed by atoms with van der Waals surface area (Å²) in [6, 6.07) is 4.45. The molecule has 6 heteroatoms. The van der Waals surface area contributed by atoms with Gasteiger partial charge < -0.3 is 15.5 Å². The van der Waals surface area contributed by atoms with Crippen LogP contribution >= 0.6 is 12.6 Å². The Balaban J connectivity index is 2.33. The van der Waals surface area contributed by atoms with Gasteiger partial charge in [-0.05, 0) is 17.7 Å². The average molecular weight is 253 g/mol. The van der Waals surface area contributed by atoms with Crippen molar-refractivity contribution in [2.75, 3.05) is 11.1 Å². The Bertz CT molecular complexity index is 488. The summed E-state index contributed by atoms with van der Waals surface area (Å²) in [4.78, 5) is 22.4. The number of amides is 1. The summed E-state index contributed by atoms with van der Waals surface area (Å²) >= 11 is 3.88. The summed E-state index contributed by atoms with van der Waals surface area (Å²) in [5, 5.41) is 21.6. The van der Waals surface area contributed by atoms with E-state index in [4.69, 9.17) is 0 Å². The molecule has 2 unspecified atom stereocenters. The van der Waals surface area contributed by atoms with Gasteiger partial charge in [0.05, 0.1) is 17.4 Å². The molecule has 0 saturated carbocycles. The Labute approximate surface area is 103 Å². The van der Waals surface area contributed by atoms with Crippen molar-refractivity contribution in [3.05, 3.63) is 29.3 Å². The Morgan fingerprint density at radius 3 is 2.65 bits per heavy atom. The van der Waals surface area contributed by atoms with Gasteiger partial charge in [-0.2, -0.15) is 12.6 Å². The molecule has 0 spiro atoms. The first kappa shape index (κ1) is 12.1. The Kier molecular flexibility index (Phi) is 3.19. The molecule has 2 rings (SSSR count). The van der Waals surface area contributed by atoms with Crippen molar-refractivity contribution in [2.24, 2.45) is 0 Å². The van der Waals surface area contributed by atoms with Gasteiger partial charge >= 0.3 is 0 Å². The molecule has 90 valence electrons. The quantitative estimate of drug-likeness (QED) is 0.456. The number of hydrogen-bond acceptors (Lipinski definition) is 5. The van der Waals surface area contributed by atoms with Crippen molar-refractivity contribution >= 4 is 30.0 Å². The van der Waals surface area contributed by atoms with Crippen molar-refractivity contribution < 1.29 is 19.8 Å². The first-order chi connectivity index (χ1) is 8.04. The number of rotatable bonds is 3. The average Bonchev–Trinajstić information content (AvgIpc) is 2.62. The van der Waals surface area contributed by atoms with E-state index >= 15 is 0 Å². The zero-order chi connectivity index (χ0) is 12.6. The summed E-state index contributed by atoms with van der Waals surface area (Å²) in [6.07, 6.45) is -2.09. The third kappa shape index (κ3) is 2.06. The summed E-state index contributed by atoms with van der Waals surface area (Å²) in [5.74, 6) is -1.15. The second-order valence-electron chi connectivity index (χ2n) is 3.78. The lowest BCUT2D eigenvalue weighted by Crippen LogP contribution is -2.19. The van der Waals surface area contributed by atoms with E-state index in [1.54, 1.807) is 0 Å². The summed E-state index contributed by atoms with van der Waals surface area (Å²) in [7, 11) is 0. The van der Waals surface area contributed by atoms with E-state index in [9.17, 15) is 19.8 Å². The normalized spacial score (nSPS) is 17.6. The fourth-order valence-corrected chi connectivity index (χ4v) is 1.87. The molecule has 3 N–H and O–H groups in total. The van der Waals surface area contributed by atoms with Crippen LogP contribution in [0.2, 0.25) is 0 Å². The van der Waals surface area contributed by atoms with Gasteiger partial charge in [0.15, 0.2) is 0 Å². The number of aliphatic hydroxyl groups is 2. The third-order valence-corrected chi connectivity index (χ3v) is 3.01. The number of carbonyl (C=O) groups excluding carboxylic acids is 2. The topological polar surface area (TPSA) is 86.6 Å². The van der Waals surface area contributed by atoms with E-state index < -0.39 is 23.9 Å². The SMILES string of the molecule is O=C1Nc2cc(C(O)C(O)CS)ccc2C1=O. The number of Topliss-reactive ketones (excluding diaryl/α,β-unsaturated/α-hetero) is 1. The molecule has 0 fully saturated rings. The molecule has 0 saturated heterocycles. The molecule has 2 atom stereocenters. The number of aliphatic hydroxyl groups excluding tert-OH is 2. The van der Waals surface area contributed by atoms with Crippen LogP contribution in [-0.2, 0) is 4.79 Å². The van der Waals surface area contributed by atoms with Crippen molar-refractivity contribution in [3.8, 4) is 0 Å². The van der Waals surface area contributed by atoms with E-state index in [-0.39, 0.29) is 11.3 Å². The van der Waals surface area contributed by atoms with Crippen molar-refractivity contribution in [3.63, 3.8) is 0 Å². The molecule has 1 heterocycles. The van der Waals surface area contributed by atoms with Crippen LogP contribution in [0.3, 0.4) is 0 Å². The Morgan fingerprint density at radius 2 is 2.00 bits per heavy atom. The maximum absolute atomic E-state index is 11.3. The molecule has 5 nitrogen and oxygen atoms in total. The number of anilines is 1. The molecule has 17 heavy (non-hydrogen) atoms. The first-order valence-corrected chi connectivity index (χ1v) is 5.64. The molecule has 0 bridgehead atoms. The molecular weight excluding hydrogens is 242 g/mol. The van der Waals surface area contributed by atoms with Gasteiger partial charge in [-0.25, -0.2) is 0 Å². The monoisotopic (exact) mass is 253 g/mol. The molecule has 1 aromatic carbocycles. The number of fused-ring (bicyclic) bond motifs is 1. The molecule has 0 aliphatic carbocycles. The van der Waals surface area contributed by atoms with E-state index in [0.29, 0.717) is 11.3 Å². The number of ketones is 1. The lowest BCUT2D eigenvalue weighted by molar-refractivity contribution is -0.112. The molecule has 1 amide bonds. The van der Waals surface area contributed by atoms with Crippen molar-refractivity contribution in [1.82, 2.24) is 0 Å². The lowest BCUT2D eigenvalue weighted by Gasteiger charge is -2.16. The largest absolute Gasteiger partial charge is 0.389 e. The third-order valence-electron chi connectivity index (χ3n) is 2.64. The number of benzene rings is 1. The Morgan fingerprint density at radius 1 is 1.29 bits per heavy atom. The second kappa shape index (κ2) is 4.48. The summed E-state index contributed by atoms with van der Waals surface area (Å²) < 4.78 is 0. The summed E-state index contributed by atoms with van der Waals surface area (Å²) in [5.41, 5.74) is 1.08. The number of thiol groups is 1. The van der Waals surface area contributed by atoms with E-state index in [0.717, 1.165) is 0 Å². The van der Waals surface area contributed by atoms with Gasteiger partial charge in [0.2, 0.25) is 0 Å². The molecule has 1 aromatic rings. The minimum absolute atomic E-state index is 0.115. The van der Waals surface area contributed by atoms with Gasteiger partial charge in [0.1, 0.15) is 6.10 Å². The van der Waals surface area contributed by atoms with Crippen molar-refractivity contribution in [1.29, 1.82) is 0 Å². The lowest BCUT2D eigenvalue weighted by atomic mass is 10.0. The predicted octanol–water partition coefficient (Wildman–Crippen LogP) is 0.146. The molecule has 1 aliphatic heterocycles. The standard InChI is InChI=1S/C11H11NO4S/c13-8(4-17)9(14)5-1-2-6-7(3-5)12-11(16)10(6)15/h1-3,8-9,13-14,17H,4H2,(H,12,15,16). The smallest absolute Gasteiger partial charge is 0.296 e. The maximum atomic E-state index is 11.3. The first-order valence-electron chi connectivity index (χ1n) is 5.01. The molecule has 1 aliphatic rings. The van der Waals surface area contributed by atoms with Crippen LogP contribution in [0.5, 0.6) is 0 Å². The highest BCUT2D eigenvalue weighted by atomic mass is 32.1. The number of carbonyl (C=O) groups is 2. The van der Waals surface area contributed by atoms with Gasteiger partial charge in [-0.3, -0.25) is 9.59 Å². The molecule has 0 aromatic heterocycles. The minimum Gasteiger partial charge on any atom is -0.389 e. The highest BCUT2D eigenvalue weighted by Gasteiger charge is 2.29. The van der Waals surface area contributed by atoms with E-state index in [1.807, 2.05) is 0 Å². The van der Waals surface area contributed by atoms with Crippen LogP contribution < -0.4 is 5.32 Å². The van der Waals surface area contributed by atoms with Gasteiger partial charge in [0.25, 0.3) is 11.7 Å². The van der Waals surface area contributed by atoms with Gasteiger partial charge in [-0.15, -0.1) is 0 Å². The molecular formula is C11H11NO4S. The van der Waals surface area contributed by atoms with Crippen LogP contribution in [0.1, 0.15) is 22.0 Å². The Hall–Kier alpha value is -1.37. The van der Waals surface area contributed by atoms with Crippen LogP contribution in [-0.4, -0.2) is 33.8 Å². The van der Waals surface area contributed by atoms with Crippen LogP contribution in [0, 0.1) is 0 Å². The van der Waals surface area contributed by atoms with Gasteiger partial charge in [0, 0.05) is 5.75 Å². The highest BCUT2D eigenvalue weighted by Crippen LogP contribution is 2.28.